The standard InChI is InChI=1S/C17H20N6O2S2/c1-4-12-5-7-13(8-6-12)25-9-14-20-22-17(23(14)3)26-10-15(24)18-16-21-19-11(2)27-16/h5-8H,4,9-10H2,1-3H3,(H,18,21,24). The summed E-state index contributed by atoms with van der Waals surface area (Å²) in [6.07, 6.45) is 0.996. The summed E-state index contributed by atoms with van der Waals surface area (Å²) in [5, 5.41) is 20.7. The maximum Gasteiger partial charge on any atom is 0.236 e. The van der Waals surface area contributed by atoms with Gasteiger partial charge in [0.15, 0.2) is 11.0 Å². The van der Waals surface area contributed by atoms with Gasteiger partial charge in [-0.15, -0.1) is 20.4 Å². The molecule has 3 aromatic rings. The van der Waals surface area contributed by atoms with E-state index in [2.05, 4.69) is 32.6 Å². The molecule has 0 spiro atoms. The van der Waals surface area contributed by atoms with Gasteiger partial charge in [0.25, 0.3) is 0 Å². The predicted octanol–water partition coefficient (Wildman–Crippen LogP) is 2.85. The summed E-state index contributed by atoms with van der Waals surface area (Å²) in [4.78, 5) is 12.0. The molecule has 142 valence electrons. The smallest absolute Gasteiger partial charge is 0.236 e. The van der Waals surface area contributed by atoms with Gasteiger partial charge in [0.05, 0.1) is 5.75 Å². The first-order valence-electron chi connectivity index (χ1n) is 8.38. The Morgan fingerprint density at radius 1 is 1.22 bits per heavy atom. The second kappa shape index (κ2) is 8.96. The number of rotatable bonds is 8. The fraction of sp³-hybridized carbons (Fsp3) is 0.353. The molecule has 1 aromatic carbocycles. The molecule has 2 heterocycles. The Bertz CT molecular complexity index is 907. The number of carbonyl (C=O) groups is 1. The van der Waals surface area contributed by atoms with Crippen molar-refractivity contribution in [3.8, 4) is 5.75 Å². The molecule has 0 atom stereocenters. The van der Waals surface area contributed by atoms with Crippen LogP contribution in [-0.2, 0) is 24.9 Å². The molecule has 8 nitrogen and oxygen atoms in total. The largest absolute Gasteiger partial charge is 0.486 e. The van der Waals surface area contributed by atoms with E-state index < -0.39 is 0 Å². The third-order valence-electron chi connectivity index (χ3n) is 3.73. The summed E-state index contributed by atoms with van der Waals surface area (Å²) in [6, 6.07) is 7.99. The minimum Gasteiger partial charge on any atom is -0.486 e. The van der Waals surface area contributed by atoms with Crippen molar-refractivity contribution in [2.45, 2.75) is 32.0 Å². The Labute approximate surface area is 165 Å². The van der Waals surface area contributed by atoms with Crippen molar-refractivity contribution in [2.24, 2.45) is 7.05 Å². The van der Waals surface area contributed by atoms with E-state index in [0.717, 1.165) is 17.2 Å². The van der Waals surface area contributed by atoms with Crippen molar-refractivity contribution in [3.05, 3.63) is 40.7 Å². The molecule has 3 rings (SSSR count). The van der Waals surface area contributed by atoms with E-state index in [4.69, 9.17) is 4.74 Å². The van der Waals surface area contributed by atoms with Gasteiger partial charge in [-0.3, -0.25) is 10.1 Å². The number of carbonyl (C=O) groups excluding carboxylic acids is 1. The van der Waals surface area contributed by atoms with Crippen LogP contribution in [0, 0.1) is 6.92 Å². The lowest BCUT2D eigenvalue weighted by Gasteiger charge is -2.07. The van der Waals surface area contributed by atoms with Crippen molar-refractivity contribution in [2.75, 3.05) is 11.1 Å². The van der Waals surface area contributed by atoms with Gasteiger partial charge in [0.2, 0.25) is 11.0 Å². The van der Waals surface area contributed by atoms with E-state index in [-0.39, 0.29) is 11.7 Å². The number of anilines is 1. The number of hydrogen-bond acceptors (Lipinski definition) is 8. The Morgan fingerprint density at radius 2 is 2.00 bits per heavy atom. The van der Waals surface area contributed by atoms with Gasteiger partial charge in [0, 0.05) is 7.05 Å². The first kappa shape index (κ1) is 19.3. The van der Waals surface area contributed by atoms with Gasteiger partial charge in [-0.2, -0.15) is 0 Å². The fourth-order valence-electron chi connectivity index (χ4n) is 2.20. The molecule has 0 radical (unpaired) electrons. The second-order valence-corrected chi connectivity index (χ2v) is 7.83. The third-order valence-corrected chi connectivity index (χ3v) is 5.50. The summed E-state index contributed by atoms with van der Waals surface area (Å²) in [5.41, 5.74) is 1.27. The van der Waals surface area contributed by atoms with Crippen LogP contribution < -0.4 is 10.1 Å². The zero-order valence-corrected chi connectivity index (χ0v) is 16.9. The lowest BCUT2D eigenvalue weighted by Crippen LogP contribution is -2.14. The van der Waals surface area contributed by atoms with E-state index in [9.17, 15) is 4.79 Å². The molecular formula is C17H20N6O2S2. The van der Waals surface area contributed by atoms with Crippen LogP contribution in [0.5, 0.6) is 5.75 Å². The van der Waals surface area contributed by atoms with Crippen LogP contribution in [0.1, 0.15) is 23.3 Å². The van der Waals surface area contributed by atoms with Crippen LogP contribution in [0.2, 0.25) is 0 Å². The molecule has 2 aromatic heterocycles. The molecule has 0 aliphatic rings. The summed E-state index contributed by atoms with van der Waals surface area (Å²) in [5.74, 6) is 1.53. The van der Waals surface area contributed by atoms with E-state index in [1.807, 2.05) is 42.8 Å². The van der Waals surface area contributed by atoms with Crippen molar-refractivity contribution >= 4 is 34.1 Å². The Balaban J connectivity index is 1.51. The molecule has 1 N–H and O–H groups in total. The average molecular weight is 405 g/mol. The number of aromatic nitrogens is 5. The lowest BCUT2D eigenvalue weighted by molar-refractivity contribution is -0.113. The SMILES string of the molecule is CCc1ccc(OCc2nnc(SCC(=O)Nc3nnc(C)s3)n2C)cc1. The summed E-state index contributed by atoms with van der Waals surface area (Å²) < 4.78 is 7.59. The molecular weight excluding hydrogens is 384 g/mol. The molecule has 0 unspecified atom stereocenters. The van der Waals surface area contributed by atoms with Crippen LogP contribution in [0.15, 0.2) is 29.4 Å². The van der Waals surface area contributed by atoms with Crippen molar-refractivity contribution in [1.29, 1.82) is 0 Å². The van der Waals surface area contributed by atoms with E-state index >= 15 is 0 Å². The Hall–Kier alpha value is -2.46. The number of hydrogen-bond donors (Lipinski definition) is 1. The summed E-state index contributed by atoms with van der Waals surface area (Å²) >= 11 is 2.65. The van der Waals surface area contributed by atoms with E-state index in [0.29, 0.717) is 22.7 Å². The molecule has 0 fully saturated rings. The number of benzene rings is 1. The van der Waals surface area contributed by atoms with Crippen LogP contribution in [-0.4, -0.2) is 36.6 Å². The molecule has 1 amide bonds. The molecule has 27 heavy (non-hydrogen) atoms. The van der Waals surface area contributed by atoms with Gasteiger partial charge < -0.3 is 9.30 Å². The quantitative estimate of drug-likeness (QED) is 0.577. The topological polar surface area (TPSA) is 94.8 Å². The first-order valence-corrected chi connectivity index (χ1v) is 10.2. The first-order chi connectivity index (χ1) is 13.0. The summed E-state index contributed by atoms with van der Waals surface area (Å²) in [7, 11) is 1.85. The number of nitrogens with zero attached hydrogens (tertiary/aromatic N) is 5. The number of thioether (sulfide) groups is 1. The highest BCUT2D eigenvalue weighted by atomic mass is 32.2. The Morgan fingerprint density at radius 3 is 2.67 bits per heavy atom. The molecule has 0 aliphatic carbocycles. The van der Waals surface area contributed by atoms with Crippen molar-refractivity contribution in [1.82, 2.24) is 25.0 Å². The van der Waals surface area contributed by atoms with E-state index in [1.165, 1.54) is 28.7 Å². The number of nitrogens with one attached hydrogen (secondary N) is 1. The van der Waals surface area contributed by atoms with Gasteiger partial charge in [-0.05, 0) is 31.0 Å². The van der Waals surface area contributed by atoms with Crippen molar-refractivity contribution in [3.63, 3.8) is 0 Å². The number of amides is 1. The van der Waals surface area contributed by atoms with Crippen LogP contribution >= 0.6 is 23.1 Å². The van der Waals surface area contributed by atoms with Gasteiger partial charge in [0.1, 0.15) is 17.4 Å². The maximum absolute atomic E-state index is 12.0. The molecule has 10 heteroatoms. The minimum absolute atomic E-state index is 0.159. The van der Waals surface area contributed by atoms with Crippen LogP contribution in [0.3, 0.4) is 0 Å². The maximum atomic E-state index is 12.0. The second-order valence-electron chi connectivity index (χ2n) is 5.71. The van der Waals surface area contributed by atoms with Crippen LogP contribution in [0.25, 0.3) is 0 Å². The molecule has 0 saturated heterocycles. The Kier molecular flexibility index (Phi) is 6.40. The van der Waals surface area contributed by atoms with Crippen molar-refractivity contribution < 1.29 is 9.53 Å². The monoisotopic (exact) mass is 404 g/mol. The average Bonchev–Trinajstić information content (AvgIpc) is 3.24. The molecule has 0 bridgehead atoms. The van der Waals surface area contributed by atoms with Gasteiger partial charge in [-0.1, -0.05) is 42.2 Å². The molecule has 0 saturated carbocycles. The van der Waals surface area contributed by atoms with Gasteiger partial charge in [-0.25, -0.2) is 0 Å². The highest BCUT2D eigenvalue weighted by Gasteiger charge is 2.13. The fourth-order valence-corrected chi connectivity index (χ4v) is 3.54. The van der Waals surface area contributed by atoms with Gasteiger partial charge >= 0.3 is 0 Å². The number of aryl methyl sites for hydroxylation is 2. The minimum atomic E-state index is -0.159. The third kappa shape index (κ3) is 5.27. The highest BCUT2D eigenvalue weighted by Crippen LogP contribution is 2.19. The summed E-state index contributed by atoms with van der Waals surface area (Å²) in [6.45, 7) is 4.26. The van der Waals surface area contributed by atoms with E-state index in [1.54, 1.807) is 0 Å². The number of ether oxygens (including phenoxy) is 1. The zero-order valence-electron chi connectivity index (χ0n) is 15.3. The normalized spacial score (nSPS) is 10.8. The molecule has 0 aliphatic heterocycles. The lowest BCUT2D eigenvalue weighted by atomic mass is 10.2. The van der Waals surface area contributed by atoms with Crippen LogP contribution in [0.4, 0.5) is 5.13 Å². The predicted molar refractivity (Wildman–Crippen MR) is 105 cm³/mol. The highest BCUT2D eigenvalue weighted by molar-refractivity contribution is 7.99. The zero-order chi connectivity index (χ0) is 19.2.